The molecule has 0 fully saturated rings. The lowest BCUT2D eigenvalue weighted by Crippen LogP contribution is -2.31. The van der Waals surface area contributed by atoms with Crippen LogP contribution in [-0.4, -0.2) is 36.3 Å². The number of ether oxygens (including phenoxy) is 2. The van der Waals surface area contributed by atoms with Gasteiger partial charge in [0.05, 0.1) is 25.3 Å². The molecule has 0 radical (unpaired) electrons. The SMILES string of the molecule is COCCn1cc(C(=O)NC2CCCc3c2[nH]c2ccc(OC)cc32)c2ccccc21. The number of fused-ring (bicyclic) bond motifs is 4. The van der Waals surface area contributed by atoms with E-state index in [1.807, 2.05) is 36.5 Å². The first kappa shape index (κ1) is 19.7. The quantitative estimate of drug-likeness (QED) is 0.482. The Morgan fingerprint density at radius 2 is 2.06 bits per heavy atom. The minimum Gasteiger partial charge on any atom is -0.497 e. The van der Waals surface area contributed by atoms with E-state index >= 15 is 0 Å². The first-order valence-electron chi connectivity index (χ1n) is 10.8. The van der Waals surface area contributed by atoms with E-state index in [4.69, 9.17) is 9.47 Å². The van der Waals surface area contributed by atoms with Gasteiger partial charge in [0.15, 0.2) is 0 Å². The second-order valence-corrected chi connectivity index (χ2v) is 8.09. The molecule has 1 unspecified atom stereocenters. The second kappa shape index (κ2) is 8.12. The summed E-state index contributed by atoms with van der Waals surface area (Å²) in [7, 11) is 3.38. The zero-order valence-electron chi connectivity index (χ0n) is 17.9. The summed E-state index contributed by atoms with van der Waals surface area (Å²) in [6, 6.07) is 14.1. The van der Waals surface area contributed by atoms with Crippen molar-refractivity contribution in [2.24, 2.45) is 0 Å². The Morgan fingerprint density at radius 1 is 1.19 bits per heavy atom. The molecule has 0 saturated heterocycles. The smallest absolute Gasteiger partial charge is 0.253 e. The second-order valence-electron chi connectivity index (χ2n) is 8.09. The van der Waals surface area contributed by atoms with Gasteiger partial charge in [0.2, 0.25) is 0 Å². The highest BCUT2D eigenvalue weighted by molar-refractivity contribution is 6.07. The first-order chi connectivity index (χ1) is 15.2. The summed E-state index contributed by atoms with van der Waals surface area (Å²) >= 11 is 0. The molecule has 2 heterocycles. The van der Waals surface area contributed by atoms with E-state index in [1.165, 1.54) is 10.9 Å². The van der Waals surface area contributed by atoms with Crippen LogP contribution in [0.1, 0.15) is 40.5 Å². The molecular formula is C25H27N3O3. The molecule has 0 aliphatic heterocycles. The van der Waals surface area contributed by atoms with Crippen molar-refractivity contribution in [3.63, 3.8) is 0 Å². The minimum absolute atomic E-state index is 0.0317. The van der Waals surface area contributed by atoms with Gasteiger partial charge in [-0.3, -0.25) is 4.79 Å². The fourth-order valence-corrected chi connectivity index (χ4v) is 4.75. The summed E-state index contributed by atoms with van der Waals surface area (Å²) in [6.45, 7) is 1.31. The molecule has 160 valence electrons. The summed E-state index contributed by atoms with van der Waals surface area (Å²) in [4.78, 5) is 16.9. The fraction of sp³-hybridized carbons (Fsp3) is 0.320. The monoisotopic (exact) mass is 417 g/mol. The van der Waals surface area contributed by atoms with E-state index in [2.05, 4.69) is 27.0 Å². The molecule has 0 bridgehead atoms. The molecule has 6 heteroatoms. The van der Waals surface area contributed by atoms with Crippen molar-refractivity contribution in [1.29, 1.82) is 0 Å². The number of methoxy groups -OCH3 is 2. The summed E-state index contributed by atoms with van der Waals surface area (Å²) in [5.41, 5.74) is 5.24. The van der Waals surface area contributed by atoms with E-state index in [0.717, 1.165) is 47.1 Å². The van der Waals surface area contributed by atoms with E-state index < -0.39 is 0 Å². The van der Waals surface area contributed by atoms with Gasteiger partial charge < -0.3 is 24.3 Å². The lowest BCUT2D eigenvalue weighted by molar-refractivity contribution is 0.0933. The predicted molar refractivity (Wildman–Crippen MR) is 122 cm³/mol. The van der Waals surface area contributed by atoms with Crippen LogP contribution in [0.15, 0.2) is 48.7 Å². The molecule has 4 aromatic rings. The van der Waals surface area contributed by atoms with Crippen LogP contribution in [0.5, 0.6) is 5.75 Å². The van der Waals surface area contributed by atoms with Crippen LogP contribution >= 0.6 is 0 Å². The zero-order chi connectivity index (χ0) is 21.4. The van der Waals surface area contributed by atoms with Crippen molar-refractivity contribution in [2.45, 2.75) is 31.8 Å². The van der Waals surface area contributed by atoms with E-state index in [1.54, 1.807) is 14.2 Å². The predicted octanol–water partition coefficient (Wildman–Crippen LogP) is 4.59. The van der Waals surface area contributed by atoms with Crippen molar-refractivity contribution in [2.75, 3.05) is 20.8 Å². The molecule has 0 spiro atoms. The molecule has 2 N–H and O–H groups in total. The lowest BCUT2D eigenvalue weighted by atomic mass is 9.91. The highest BCUT2D eigenvalue weighted by Crippen LogP contribution is 2.36. The Hall–Kier alpha value is -3.25. The van der Waals surface area contributed by atoms with Crippen LogP contribution in [-0.2, 0) is 17.7 Å². The molecule has 5 rings (SSSR count). The number of aryl methyl sites for hydroxylation is 1. The van der Waals surface area contributed by atoms with E-state index in [-0.39, 0.29) is 11.9 Å². The molecule has 1 amide bonds. The summed E-state index contributed by atoms with van der Waals surface area (Å²) in [5, 5.41) is 5.45. The van der Waals surface area contributed by atoms with Crippen molar-refractivity contribution >= 4 is 27.7 Å². The number of nitrogens with one attached hydrogen (secondary N) is 2. The van der Waals surface area contributed by atoms with Crippen LogP contribution in [0.3, 0.4) is 0 Å². The summed E-state index contributed by atoms with van der Waals surface area (Å²) in [6.07, 6.45) is 4.91. The molecule has 1 aliphatic rings. The molecule has 6 nitrogen and oxygen atoms in total. The van der Waals surface area contributed by atoms with Gasteiger partial charge in [-0.2, -0.15) is 0 Å². The average Bonchev–Trinajstić information content (AvgIpc) is 3.36. The highest BCUT2D eigenvalue weighted by Gasteiger charge is 2.27. The standard InChI is InChI=1S/C25H27N3O3/c1-30-13-12-28-15-20(17-6-3-4-9-23(17)28)25(29)27-22-8-5-7-18-19-14-16(31-2)10-11-21(19)26-24(18)22/h3-4,6,9-11,14-15,22,26H,5,7-8,12-13H2,1-2H3,(H,27,29). The number of aromatic nitrogens is 2. The Morgan fingerprint density at radius 3 is 2.90 bits per heavy atom. The van der Waals surface area contributed by atoms with E-state index in [9.17, 15) is 4.79 Å². The van der Waals surface area contributed by atoms with Gasteiger partial charge in [0.1, 0.15) is 5.75 Å². The number of benzene rings is 2. The van der Waals surface area contributed by atoms with Gasteiger partial charge in [-0.25, -0.2) is 0 Å². The number of aromatic amines is 1. The fourth-order valence-electron chi connectivity index (χ4n) is 4.75. The lowest BCUT2D eigenvalue weighted by Gasteiger charge is -2.23. The highest BCUT2D eigenvalue weighted by atomic mass is 16.5. The zero-order valence-corrected chi connectivity index (χ0v) is 17.9. The number of H-pyrrole nitrogens is 1. The number of amides is 1. The van der Waals surface area contributed by atoms with Crippen molar-refractivity contribution in [1.82, 2.24) is 14.9 Å². The van der Waals surface area contributed by atoms with Crippen LogP contribution in [0.4, 0.5) is 0 Å². The molecule has 1 aliphatic carbocycles. The Labute approximate surface area is 181 Å². The number of rotatable bonds is 6. The van der Waals surface area contributed by atoms with E-state index in [0.29, 0.717) is 18.7 Å². The van der Waals surface area contributed by atoms with Crippen LogP contribution < -0.4 is 10.1 Å². The number of para-hydroxylation sites is 1. The molecule has 1 atom stereocenters. The third kappa shape index (κ3) is 3.47. The van der Waals surface area contributed by atoms with Gasteiger partial charge in [-0.1, -0.05) is 18.2 Å². The molecule has 0 saturated carbocycles. The maximum absolute atomic E-state index is 13.3. The molecule has 31 heavy (non-hydrogen) atoms. The van der Waals surface area contributed by atoms with Crippen molar-refractivity contribution in [3.8, 4) is 5.75 Å². The first-order valence-corrected chi connectivity index (χ1v) is 10.8. The van der Waals surface area contributed by atoms with Crippen LogP contribution in [0, 0.1) is 0 Å². The number of nitrogens with zero attached hydrogens (tertiary/aromatic N) is 1. The van der Waals surface area contributed by atoms with Crippen molar-refractivity contribution in [3.05, 3.63) is 65.5 Å². The third-order valence-electron chi connectivity index (χ3n) is 6.29. The molecular weight excluding hydrogens is 390 g/mol. The van der Waals surface area contributed by atoms with Gasteiger partial charge >= 0.3 is 0 Å². The molecule has 2 aromatic heterocycles. The van der Waals surface area contributed by atoms with Gasteiger partial charge in [0.25, 0.3) is 5.91 Å². The van der Waals surface area contributed by atoms with Gasteiger partial charge in [0, 0.05) is 47.4 Å². The normalized spacial score (nSPS) is 15.9. The van der Waals surface area contributed by atoms with Gasteiger partial charge in [-0.15, -0.1) is 0 Å². The maximum atomic E-state index is 13.3. The Kier molecular flexibility index (Phi) is 5.16. The number of hydrogen-bond donors (Lipinski definition) is 2. The average molecular weight is 418 g/mol. The summed E-state index contributed by atoms with van der Waals surface area (Å²) in [5.74, 6) is 0.811. The molecule has 2 aromatic carbocycles. The van der Waals surface area contributed by atoms with Crippen LogP contribution in [0.2, 0.25) is 0 Å². The minimum atomic E-state index is -0.0403. The maximum Gasteiger partial charge on any atom is 0.253 e. The van der Waals surface area contributed by atoms with Crippen LogP contribution in [0.25, 0.3) is 21.8 Å². The number of carbonyl (C=O) groups excluding carboxylic acids is 1. The number of carbonyl (C=O) groups is 1. The largest absolute Gasteiger partial charge is 0.497 e. The number of hydrogen-bond acceptors (Lipinski definition) is 3. The van der Waals surface area contributed by atoms with Gasteiger partial charge in [-0.05, 0) is 49.1 Å². The third-order valence-corrected chi connectivity index (χ3v) is 6.29. The summed E-state index contributed by atoms with van der Waals surface area (Å²) < 4.78 is 12.7. The Bertz CT molecular complexity index is 1250. The van der Waals surface area contributed by atoms with Crippen molar-refractivity contribution < 1.29 is 14.3 Å². The Balaban J connectivity index is 1.47. The topological polar surface area (TPSA) is 68.3 Å².